The molecule has 2 aliphatic rings. The topological polar surface area (TPSA) is 79.7 Å². The largest absolute Gasteiger partial charge is 0.369 e. The Morgan fingerprint density at radius 2 is 2.21 bits per heavy atom. The van der Waals surface area contributed by atoms with Crippen molar-refractivity contribution in [1.29, 1.82) is 0 Å². The molecule has 1 fully saturated rings. The Labute approximate surface area is 165 Å². The lowest BCUT2D eigenvalue weighted by molar-refractivity contribution is -0.127. The van der Waals surface area contributed by atoms with E-state index >= 15 is 0 Å². The molecule has 1 N–H and O–H groups in total. The molecule has 10 heteroatoms. The monoisotopic (exact) mass is 407 g/mol. The fourth-order valence-electron chi connectivity index (χ4n) is 3.46. The molecule has 1 aromatic carbocycles. The quantitative estimate of drug-likeness (QED) is 0.829. The van der Waals surface area contributed by atoms with E-state index in [1.54, 1.807) is 16.0 Å². The van der Waals surface area contributed by atoms with Crippen molar-refractivity contribution in [3.05, 3.63) is 40.9 Å². The van der Waals surface area contributed by atoms with Gasteiger partial charge in [-0.3, -0.25) is 9.48 Å². The van der Waals surface area contributed by atoms with Crippen molar-refractivity contribution in [3.63, 3.8) is 0 Å². The first-order valence-electron chi connectivity index (χ1n) is 8.89. The van der Waals surface area contributed by atoms with Crippen molar-refractivity contribution >= 4 is 34.9 Å². The van der Waals surface area contributed by atoms with E-state index in [9.17, 15) is 14.0 Å². The minimum absolute atomic E-state index is 0.0322. The maximum atomic E-state index is 13.3. The molecule has 0 radical (unpaired) electrons. The van der Waals surface area contributed by atoms with Gasteiger partial charge in [0.15, 0.2) is 0 Å². The molecule has 148 valence electrons. The third-order valence-corrected chi connectivity index (χ3v) is 5.15. The molecule has 1 saturated heterocycles. The normalized spacial score (nSPS) is 19.5. The van der Waals surface area contributed by atoms with E-state index in [1.165, 1.54) is 18.2 Å². The molecule has 1 atom stereocenters. The van der Waals surface area contributed by atoms with Crippen LogP contribution in [0.3, 0.4) is 0 Å². The van der Waals surface area contributed by atoms with E-state index in [4.69, 9.17) is 16.3 Å². The minimum atomic E-state index is -0.546. The molecule has 0 bridgehead atoms. The van der Waals surface area contributed by atoms with Gasteiger partial charge in [0.1, 0.15) is 12.4 Å². The highest BCUT2D eigenvalue weighted by Gasteiger charge is 2.33. The lowest BCUT2D eigenvalue weighted by atomic mass is 10.2. The number of rotatable bonds is 2. The second kappa shape index (κ2) is 7.40. The summed E-state index contributed by atoms with van der Waals surface area (Å²) < 4.78 is 20.4. The molecule has 28 heavy (non-hydrogen) atoms. The van der Waals surface area contributed by atoms with Crippen molar-refractivity contribution in [2.24, 2.45) is 0 Å². The van der Waals surface area contributed by atoms with Crippen LogP contribution < -0.4 is 10.2 Å². The van der Waals surface area contributed by atoms with Gasteiger partial charge in [-0.2, -0.15) is 5.10 Å². The van der Waals surface area contributed by atoms with Crippen molar-refractivity contribution < 1.29 is 18.7 Å². The van der Waals surface area contributed by atoms with Crippen LogP contribution in [0.15, 0.2) is 24.4 Å². The molecular formula is C18H19ClFN5O3. The number of nitrogens with zero attached hydrogens (tertiary/aromatic N) is 4. The van der Waals surface area contributed by atoms with Crippen LogP contribution in [0.1, 0.15) is 12.6 Å². The maximum absolute atomic E-state index is 13.3. The number of urea groups is 1. The highest BCUT2D eigenvalue weighted by atomic mass is 35.5. The van der Waals surface area contributed by atoms with Gasteiger partial charge in [-0.15, -0.1) is 0 Å². The van der Waals surface area contributed by atoms with E-state index in [1.807, 2.05) is 11.6 Å². The van der Waals surface area contributed by atoms with Crippen molar-refractivity contribution in [2.45, 2.75) is 26.1 Å². The van der Waals surface area contributed by atoms with Crippen LogP contribution in [-0.4, -0.2) is 52.4 Å². The number of anilines is 2. The highest BCUT2D eigenvalue weighted by Crippen LogP contribution is 2.28. The Morgan fingerprint density at radius 1 is 1.39 bits per heavy atom. The Bertz CT molecular complexity index is 934. The molecule has 1 unspecified atom stereocenters. The van der Waals surface area contributed by atoms with Gasteiger partial charge in [-0.25, -0.2) is 9.18 Å². The number of benzene rings is 1. The summed E-state index contributed by atoms with van der Waals surface area (Å²) in [7, 11) is 0. The van der Waals surface area contributed by atoms with Gasteiger partial charge >= 0.3 is 6.03 Å². The predicted molar refractivity (Wildman–Crippen MR) is 101 cm³/mol. The molecule has 0 aliphatic carbocycles. The van der Waals surface area contributed by atoms with E-state index in [2.05, 4.69) is 10.4 Å². The molecule has 3 amide bonds. The zero-order valence-electron chi connectivity index (χ0n) is 15.2. The number of nitrogens with one attached hydrogen (secondary N) is 1. The summed E-state index contributed by atoms with van der Waals surface area (Å²) in [6, 6.07) is 3.57. The van der Waals surface area contributed by atoms with Crippen LogP contribution in [0.25, 0.3) is 0 Å². The van der Waals surface area contributed by atoms with E-state index in [0.29, 0.717) is 37.6 Å². The standard InChI is InChI=1S/C18H19ClFN5O3/c1-11-9-28-10-17(26)25(11)15-7-21-24-5-4-23(8-16(15)24)18(27)22-12-2-3-14(20)13(19)6-12/h2-3,6-7,11H,4-5,8-10H2,1H3,(H,22,27). The van der Waals surface area contributed by atoms with Crippen LogP contribution in [-0.2, 0) is 22.6 Å². The maximum Gasteiger partial charge on any atom is 0.322 e. The Kier molecular flexibility index (Phi) is 4.94. The van der Waals surface area contributed by atoms with Crippen LogP contribution in [0.4, 0.5) is 20.6 Å². The van der Waals surface area contributed by atoms with Crippen molar-refractivity contribution in [2.75, 3.05) is 30.0 Å². The number of halogens is 2. The van der Waals surface area contributed by atoms with Crippen molar-refractivity contribution in [1.82, 2.24) is 14.7 Å². The number of hydrogen-bond donors (Lipinski definition) is 1. The lowest BCUT2D eigenvalue weighted by Gasteiger charge is -2.35. The molecule has 8 nitrogen and oxygen atoms in total. The summed E-state index contributed by atoms with van der Waals surface area (Å²) in [6.07, 6.45) is 1.66. The van der Waals surface area contributed by atoms with Crippen LogP contribution >= 0.6 is 11.6 Å². The summed E-state index contributed by atoms with van der Waals surface area (Å²) in [6.45, 7) is 3.66. The van der Waals surface area contributed by atoms with E-state index in [-0.39, 0.29) is 29.6 Å². The summed E-state index contributed by atoms with van der Waals surface area (Å²) in [5.74, 6) is -0.674. The summed E-state index contributed by atoms with van der Waals surface area (Å²) in [4.78, 5) is 28.3. The predicted octanol–water partition coefficient (Wildman–Crippen LogP) is 2.48. The second-order valence-electron chi connectivity index (χ2n) is 6.81. The fraction of sp³-hybridized carbons (Fsp3) is 0.389. The average molecular weight is 408 g/mol. The molecule has 0 saturated carbocycles. The first-order chi connectivity index (χ1) is 13.4. The Hall–Kier alpha value is -2.65. The number of morpholine rings is 1. The average Bonchev–Trinajstić information content (AvgIpc) is 3.07. The van der Waals surface area contributed by atoms with Crippen LogP contribution in [0.5, 0.6) is 0 Å². The zero-order valence-corrected chi connectivity index (χ0v) is 15.9. The van der Waals surface area contributed by atoms with Gasteiger partial charge in [-0.1, -0.05) is 11.6 Å². The van der Waals surface area contributed by atoms with E-state index < -0.39 is 5.82 Å². The van der Waals surface area contributed by atoms with Crippen LogP contribution in [0.2, 0.25) is 5.02 Å². The smallest absolute Gasteiger partial charge is 0.322 e. The number of hydrogen-bond acceptors (Lipinski definition) is 4. The summed E-state index contributed by atoms with van der Waals surface area (Å²) in [5.41, 5.74) is 1.90. The lowest BCUT2D eigenvalue weighted by Crippen LogP contribution is -2.49. The second-order valence-corrected chi connectivity index (χ2v) is 7.22. The zero-order chi connectivity index (χ0) is 19.8. The number of carbonyl (C=O) groups excluding carboxylic acids is 2. The molecule has 1 aromatic heterocycles. The third-order valence-electron chi connectivity index (χ3n) is 4.86. The minimum Gasteiger partial charge on any atom is -0.369 e. The SMILES string of the molecule is CC1COCC(=O)N1c1cnn2c1CN(C(=O)Nc1ccc(F)c(Cl)c1)CC2. The van der Waals surface area contributed by atoms with Gasteiger partial charge < -0.3 is 19.9 Å². The number of aromatic nitrogens is 2. The number of amides is 3. The number of ether oxygens (including phenoxy) is 1. The van der Waals surface area contributed by atoms with Crippen LogP contribution in [0, 0.1) is 5.82 Å². The van der Waals surface area contributed by atoms with Gasteiger partial charge in [0, 0.05) is 12.2 Å². The highest BCUT2D eigenvalue weighted by molar-refractivity contribution is 6.31. The number of carbonyl (C=O) groups is 2. The Morgan fingerprint density at radius 3 is 2.96 bits per heavy atom. The van der Waals surface area contributed by atoms with Crippen molar-refractivity contribution in [3.8, 4) is 0 Å². The van der Waals surface area contributed by atoms with Gasteiger partial charge in [-0.05, 0) is 25.1 Å². The molecule has 2 aliphatic heterocycles. The van der Waals surface area contributed by atoms with Gasteiger partial charge in [0.2, 0.25) is 0 Å². The molecule has 0 spiro atoms. The van der Waals surface area contributed by atoms with Gasteiger partial charge in [0.25, 0.3) is 5.91 Å². The number of fused-ring (bicyclic) bond motifs is 1. The van der Waals surface area contributed by atoms with Gasteiger partial charge in [0.05, 0.1) is 48.3 Å². The summed E-state index contributed by atoms with van der Waals surface area (Å²) in [5, 5.41) is 7.03. The third kappa shape index (κ3) is 3.43. The first kappa shape index (κ1) is 18.7. The molecule has 3 heterocycles. The first-order valence-corrected chi connectivity index (χ1v) is 9.27. The summed E-state index contributed by atoms with van der Waals surface area (Å²) >= 11 is 5.77. The fourth-order valence-corrected chi connectivity index (χ4v) is 3.64. The van der Waals surface area contributed by atoms with E-state index in [0.717, 1.165) is 5.69 Å². The molecule has 2 aromatic rings. The molecule has 4 rings (SSSR count). The molecular weight excluding hydrogens is 389 g/mol. The Balaban J connectivity index is 1.52.